The molecule has 0 bridgehead atoms. The van der Waals surface area contributed by atoms with Crippen LogP contribution in [0.1, 0.15) is 39.3 Å². The van der Waals surface area contributed by atoms with Crippen LogP contribution in [0.5, 0.6) is 0 Å². The predicted molar refractivity (Wildman–Crippen MR) is 118 cm³/mol. The molecular weight excluding hydrogens is 418 g/mol. The van der Waals surface area contributed by atoms with Gasteiger partial charge in [0.1, 0.15) is 5.82 Å². The van der Waals surface area contributed by atoms with Crippen molar-refractivity contribution in [2.45, 2.75) is 52.7 Å². The monoisotopic (exact) mass is 445 g/mol. The van der Waals surface area contributed by atoms with Crippen LogP contribution in [-0.2, 0) is 27.3 Å². The number of nitrogens with zero attached hydrogens (tertiary/aromatic N) is 4. The third-order valence-corrected chi connectivity index (χ3v) is 6.16. The van der Waals surface area contributed by atoms with Gasteiger partial charge in [-0.15, -0.1) is 0 Å². The molecule has 9 heteroatoms. The Labute approximate surface area is 186 Å². The fourth-order valence-corrected chi connectivity index (χ4v) is 4.47. The molecule has 2 aliphatic heterocycles. The number of carbonyl (C=O) groups is 2. The summed E-state index contributed by atoms with van der Waals surface area (Å²) in [6.07, 6.45) is 5.01. The van der Waals surface area contributed by atoms with Gasteiger partial charge in [-0.3, -0.25) is 14.3 Å². The van der Waals surface area contributed by atoms with Crippen LogP contribution >= 0.6 is 11.6 Å². The quantitative estimate of drug-likeness (QED) is 0.763. The number of pyridine rings is 1. The zero-order valence-corrected chi connectivity index (χ0v) is 18.9. The van der Waals surface area contributed by atoms with Gasteiger partial charge in [-0.1, -0.05) is 25.4 Å². The molecule has 0 saturated carbocycles. The van der Waals surface area contributed by atoms with E-state index >= 15 is 0 Å². The lowest BCUT2D eigenvalue weighted by Crippen LogP contribution is -2.44. The Kier molecular flexibility index (Phi) is 6.03. The van der Waals surface area contributed by atoms with Crippen LogP contribution < -0.4 is 5.32 Å². The molecule has 2 amide bonds. The summed E-state index contributed by atoms with van der Waals surface area (Å²) < 4.78 is 7.71. The molecule has 4 rings (SSSR count). The third-order valence-electron chi connectivity index (χ3n) is 5.86. The molecule has 0 aliphatic carbocycles. The number of ether oxygens (including phenoxy) is 1. The standard InChI is InChI=1S/C22H28ClN5O3/c1-14(29)27-6-7-31-15(12-27)4-5-21(30)26-20-8-16(18(23)11-24-20)17-10-25-28-13-22(2,3)9-19(17)28/h8,10-11,15H,4-7,9,12-13H2,1-3H3,(H,24,26,30)/t15-/m0/s1. The number of nitrogens with one attached hydrogen (secondary N) is 1. The lowest BCUT2D eigenvalue weighted by Gasteiger charge is -2.32. The number of hydrogen-bond donors (Lipinski definition) is 1. The van der Waals surface area contributed by atoms with E-state index in [4.69, 9.17) is 16.3 Å². The minimum absolute atomic E-state index is 0.0330. The van der Waals surface area contributed by atoms with Gasteiger partial charge in [0.15, 0.2) is 0 Å². The molecule has 2 aromatic rings. The van der Waals surface area contributed by atoms with Crippen LogP contribution in [0.3, 0.4) is 0 Å². The first kappa shape index (κ1) is 21.8. The molecule has 4 heterocycles. The minimum Gasteiger partial charge on any atom is -0.375 e. The molecule has 166 valence electrons. The highest BCUT2D eigenvalue weighted by atomic mass is 35.5. The Morgan fingerprint density at radius 3 is 2.90 bits per heavy atom. The van der Waals surface area contributed by atoms with E-state index in [1.165, 1.54) is 0 Å². The van der Waals surface area contributed by atoms with Crippen molar-refractivity contribution in [2.75, 3.05) is 25.0 Å². The predicted octanol–water partition coefficient (Wildman–Crippen LogP) is 3.15. The largest absolute Gasteiger partial charge is 0.375 e. The van der Waals surface area contributed by atoms with Crippen LogP contribution in [0.2, 0.25) is 5.02 Å². The van der Waals surface area contributed by atoms with Crippen molar-refractivity contribution in [1.29, 1.82) is 0 Å². The molecule has 0 aromatic carbocycles. The minimum atomic E-state index is -0.148. The lowest BCUT2D eigenvalue weighted by atomic mass is 9.89. The number of anilines is 1. The third kappa shape index (κ3) is 4.91. The first-order chi connectivity index (χ1) is 14.7. The molecule has 1 N–H and O–H groups in total. The maximum Gasteiger partial charge on any atom is 0.225 e. The van der Waals surface area contributed by atoms with E-state index in [1.54, 1.807) is 24.1 Å². The van der Waals surface area contributed by atoms with E-state index in [0.29, 0.717) is 37.0 Å². The Hall–Kier alpha value is -2.45. The van der Waals surface area contributed by atoms with Crippen molar-refractivity contribution in [3.63, 3.8) is 0 Å². The molecule has 2 aliphatic rings. The van der Waals surface area contributed by atoms with Gasteiger partial charge in [0.25, 0.3) is 0 Å². The van der Waals surface area contributed by atoms with Gasteiger partial charge in [0.2, 0.25) is 11.8 Å². The number of aromatic nitrogens is 3. The summed E-state index contributed by atoms with van der Waals surface area (Å²) in [4.78, 5) is 30.1. The Balaban J connectivity index is 1.40. The van der Waals surface area contributed by atoms with Crippen molar-refractivity contribution < 1.29 is 14.3 Å². The Morgan fingerprint density at radius 2 is 2.13 bits per heavy atom. The van der Waals surface area contributed by atoms with Crippen molar-refractivity contribution in [1.82, 2.24) is 19.7 Å². The van der Waals surface area contributed by atoms with Crippen LogP contribution in [0, 0.1) is 5.41 Å². The molecule has 1 saturated heterocycles. The van der Waals surface area contributed by atoms with Crippen molar-refractivity contribution >= 4 is 29.2 Å². The van der Waals surface area contributed by atoms with Gasteiger partial charge >= 0.3 is 0 Å². The summed E-state index contributed by atoms with van der Waals surface area (Å²) in [6.45, 7) is 8.49. The second kappa shape index (κ2) is 8.59. The summed E-state index contributed by atoms with van der Waals surface area (Å²) in [5.74, 6) is 0.341. The molecular formula is C22H28ClN5O3. The second-order valence-electron chi connectivity index (χ2n) is 9.10. The molecule has 1 fully saturated rings. The first-order valence-corrected chi connectivity index (χ1v) is 11.0. The fraction of sp³-hybridized carbons (Fsp3) is 0.545. The molecule has 0 spiro atoms. The number of halogens is 1. The van der Waals surface area contributed by atoms with Gasteiger partial charge in [0, 0.05) is 56.0 Å². The zero-order chi connectivity index (χ0) is 22.2. The molecule has 31 heavy (non-hydrogen) atoms. The van der Waals surface area contributed by atoms with E-state index in [9.17, 15) is 9.59 Å². The fourth-order valence-electron chi connectivity index (χ4n) is 4.26. The highest BCUT2D eigenvalue weighted by Crippen LogP contribution is 2.39. The SMILES string of the molecule is CC(=O)N1CCO[C@@H](CCC(=O)Nc2cc(-c3cnn4c3CC(C)(C)C4)c(Cl)cn2)C1. The highest BCUT2D eigenvalue weighted by molar-refractivity contribution is 6.33. The summed E-state index contributed by atoms with van der Waals surface area (Å²) >= 11 is 6.44. The summed E-state index contributed by atoms with van der Waals surface area (Å²) in [6, 6.07) is 1.80. The number of carbonyl (C=O) groups excluding carboxylic acids is 2. The maximum atomic E-state index is 12.5. The van der Waals surface area contributed by atoms with Crippen LogP contribution in [0.4, 0.5) is 5.82 Å². The van der Waals surface area contributed by atoms with Gasteiger partial charge < -0.3 is 15.0 Å². The summed E-state index contributed by atoms with van der Waals surface area (Å²) in [5, 5.41) is 7.89. The van der Waals surface area contributed by atoms with Crippen molar-refractivity contribution in [3.05, 3.63) is 29.2 Å². The van der Waals surface area contributed by atoms with E-state index in [1.807, 2.05) is 10.9 Å². The lowest BCUT2D eigenvalue weighted by molar-refractivity contribution is -0.136. The second-order valence-corrected chi connectivity index (χ2v) is 9.50. The van der Waals surface area contributed by atoms with E-state index in [-0.39, 0.29) is 29.8 Å². The number of amides is 2. The number of hydrogen-bond acceptors (Lipinski definition) is 5. The van der Waals surface area contributed by atoms with Crippen LogP contribution in [0.15, 0.2) is 18.5 Å². The van der Waals surface area contributed by atoms with E-state index < -0.39 is 0 Å². The smallest absolute Gasteiger partial charge is 0.225 e. The number of morpholine rings is 1. The van der Waals surface area contributed by atoms with Gasteiger partial charge in [-0.05, 0) is 24.3 Å². The average molecular weight is 446 g/mol. The first-order valence-electron chi connectivity index (χ1n) is 10.6. The average Bonchev–Trinajstić information content (AvgIpc) is 3.23. The van der Waals surface area contributed by atoms with Crippen LogP contribution in [-0.4, -0.2) is 57.3 Å². The van der Waals surface area contributed by atoms with Crippen LogP contribution in [0.25, 0.3) is 11.1 Å². The summed E-state index contributed by atoms with van der Waals surface area (Å²) in [7, 11) is 0. The zero-order valence-electron chi connectivity index (χ0n) is 18.2. The Morgan fingerprint density at radius 1 is 1.32 bits per heavy atom. The van der Waals surface area contributed by atoms with E-state index in [0.717, 1.165) is 29.8 Å². The molecule has 1 atom stereocenters. The Bertz CT molecular complexity index is 1000. The number of rotatable bonds is 5. The van der Waals surface area contributed by atoms with Crippen molar-refractivity contribution in [2.24, 2.45) is 5.41 Å². The van der Waals surface area contributed by atoms with Crippen molar-refractivity contribution in [3.8, 4) is 11.1 Å². The summed E-state index contributed by atoms with van der Waals surface area (Å²) in [5.41, 5.74) is 3.11. The highest BCUT2D eigenvalue weighted by Gasteiger charge is 2.32. The molecule has 0 radical (unpaired) electrons. The molecule has 2 aromatic heterocycles. The number of fused-ring (bicyclic) bond motifs is 1. The van der Waals surface area contributed by atoms with Gasteiger partial charge in [-0.2, -0.15) is 5.10 Å². The van der Waals surface area contributed by atoms with Gasteiger partial charge in [-0.25, -0.2) is 4.98 Å². The molecule has 0 unspecified atom stereocenters. The molecule has 8 nitrogen and oxygen atoms in total. The van der Waals surface area contributed by atoms with Gasteiger partial charge in [0.05, 0.1) is 23.9 Å². The topological polar surface area (TPSA) is 89.4 Å². The van der Waals surface area contributed by atoms with E-state index in [2.05, 4.69) is 29.2 Å². The maximum absolute atomic E-state index is 12.5. The normalized spacial score (nSPS) is 19.9.